The van der Waals surface area contributed by atoms with Gasteiger partial charge in [0.15, 0.2) is 9.84 Å². The fourth-order valence-electron chi connectivity index (χ4n) is 1.83. The Morgan fingerprint density at radius 2 is 2.00 bits per heavy atom. The second kappa shape index (κ2) is 6.53. The molecule has 1 aromatic heterocycles. The molecular weight excluding hydrogens is 290 g/mol. The maximum atomic E-state index is 11.9. The van der Waals surface area contributed by atoms with Crippen LogP contribution >= 0.6 is 0 Å². The molecule has 0 fully saturated rings. The molecule has 2 aromatic rings. The molecule has 0 spiro atoms. The van der Waals surface area contributed by atoms with Gasteiger partial charge >= 0.3 is 0 Å². The van der Waals surface area contributed by atoms with E-state index in [-0.39, 0.29) is 10.8 Å². The van der Waals surface area contributed by atoms with Crippen LogP contribution in [0.25, 0.3) is 0 Å². The van der Waals surface area contributed by atoms with Gasteiger partial charge in [0.2, 0.25) is 0 Å². The van der Waals surface area contributed by atoms with Crippen molar-refractivity contribution in [1.29, 1.82) is 0 Å². The number of aryl methyl sites for hydroxylation is 1. The first kappa shape index (κ1) is 15.2. The lowest BCUT2D eigenvalue weighted by atomic mass is 10.2. The van der Waals surface area contributed by atoms with Crippen LogP contribution in [-0.2, 0) is 16.4 Å². The lowest BCUT2D eigenvalue weighted by Crippen LogP contribution is -2.25. The maximum absolute atomic E-state index is 11.9. The molecule has 7 heteroatoms. The molecule has 21 heavy (non-hydrogen) atoms. The van der Waals surface area contributed by atoms with E-state index in [1.165, 1.54) is 24.3 Å². The molecule has 0 aliphatic carbocycles. The Morgan fingerprint density at radius 1 is 1.29 bits per heavy atom. The number of sulfone groups is 1. The highest BCUT2D eigenvalue weighted by Crippen LogP contribution is 2.10. The molecule has 0 aliphatic rings. The number of carbonyl (C=O) groups is 1. The van der Waals surface area contributed by atoms with Crippen LogP contribution in [0.3, 0.4) is 0 Å². The van der Waals surface area contributed by atoms with E-state index >= 15 is 0 Å². The Kier molecular flexibility index (Phi) is 4.74. The SMILES string of the molecule is CS(=O)(=O)c1ccc(C(=O)NCCCn2cccn2)cc1. The van der Waals surface area contributed by atoms with Gasteiger partial charge in [0.1, 0.15) is 0 Å². The normalized spacial score (nSPS) is 11.3. The largest absolute Gasteiger partial charge is 0.352 e. The smallest absolute Gasteiger partial charge is 0.251 e. The summed E-state index contributed by atoms with van der Waals surface area (Å²) < 4.78 is 24.5. The van der Waals surface area contributed by atoms with Crippen molar-refractivity contribution in [3.63, 3.8) is 0 Å². The van der Waals surface area contributed by atoms with E-state index in [2.05, 4.69) is 10.4 Å². The molecule has 1 heterocycles. The highest BCUT2D eigenvalue weighted by molar-refractivity contribution is 7.90. The molecular formula is C14H17N3O3S. The first-order valence-corrected chi connectivity index (χ1v) is 8.42. The number of hydrogen-bond acceptors (Lipinski definition) is 4. The minimum absolute atomic E-state index is 0.206. The predicted octanol–water partition coefficient (Wildman–Crippen LogP) is 1.11. The summed E-state index contributed by atoms with van der Waals surface area (Å²) >= 11 is 0. The van der Waals surface area contributed by atoms with Crippen LogP contribution in [0.1, 0.15) is 16.8 Å². The van der Waals surface area contributed by atoms with Gasteiger partial charge in [0.25, 0.3) is 5.91 Å². The number of hydrogen-bond donors (Lipinski definition) is 1. The summed E-state index contributed by atoms with van der Waals surface area (Å²) in [6.07, 6.45) is 5.49. The minimum Gasteiger partial charge on any atom is -0.352 e. The van der Waals surface area contributed by atoms with Crippen LogP contribution in [0.4, 0.5) is 0 Å². The van der Waals surface area contributed by atoms with E-state index in [0.717, 1.165) is 19.2 Å². The van der Waals surface area contributed by atoms with E-state index in [4.69, 9.17) is 0 Å². The van der Waals surface area contributed by atoms with Crippen molar-refractivity contribution in [2.45, 2.75) is 17.9 Å². The van der Waals surface area contributed by atoms with E-state index in [9.17, 15) is 13.2 Å². The highest BCUT2D eigenvalue weighted by atomic mass is 32.2. The number of nitrogens with zero attached hydrogens (tertiary/aromatic N) is 2. The van der Waals surface area contributed by atoms with E-state index < -0.39 is 9.84 Å². The van der Waals surface area contributed by atoms with E-state index in [1.54, 1.807) is 10.9 Å². The third kappa shape index (κ3) is 4.42. The number of carbonyl (C=O) groups excluding carboxylic acids is 1. The van der Waals surface area contributed by atoms with Crippen LogP contribution in [0.5, 0.6) is 0 Å². The zero-order valence-electron chi connectivity index (χ0n) is 11.7. The van der Waals surface area contributed by atoms with Gasteiger partial charge in [-0.15, -0.1) is 0 Å². The van der Waals surface area contributed by atoms with Crippen molar-refractivity contribution in [3.05, 3.63) is 48.3 Å². The minimum atomic E-state index is -3.23. The number of nitrogens with one attached hydrogen (secondary N) is 1. The summed E-state index contributed by atoms with van der Waals surface area (Å²) in [7, 11) is -3.23. The topological polar surface area (TPSA) is 81.1 Å². The van der Waals surface area contributed by atoms with Gasteiger partial charge in [0.05, 0.1) is 4.90 Å². The van der Waals surface area contributed by atoms with Crippen molar-refractivity contribution in [3.8, 4) is 0 Å². The molecule has 0 radical (unpaired) electrons. The van der Waals surface area contributed by atoms with Gasteiger partial charge in [0, 0.05) is 37.3 Å². The average Bonchev–Trinajstić information content (AvgIpc) is 2.96. The Hall–Kier alpha value is -2.15. The molecule has 1 aromatic carbocycles. The maximum Gasteiger partial charge on any atom is 0.251 e. The number of rotatable bonds is 6. The van der Waals surface area contributed by atoms with Crippen LogP contribution in [0.2, 0.25) is 0 Å². The van der Waals surface area contributed by atoms with E-state index in [1.807, 2.05) is 12.3 Å². The highest BCUT2D eigenvalue weighted by Gasteiger charge is 2.09. The summed E-state index contributed by atoms with van der Waals surface area (Å²) in [6.45, 7) is 1.27. The van der Waals surface area contributed by atoms with Crippen LogP contribution in [0.15, 0.2) is 47.6 Å². The fourth-order valence-corrected chi connectivity index (χ4v) is 2.46. The van der Waals surface area contributed by atoms with Crippen molar-refractivity contribution in [1.82, 2.24) is 15.1 Å². The first-order chi connectivity index (χ1) is 9.97. The average molecular weight is 307 g/mol. The Morgan fingerprint density at radius 3 is 2.57 bits per heavy atom. The summed E-state index contributed by atoms with van der Waals surface area (Å²) in [5, 5.41) is 6.86. The standard InChI is InChI=1S/C14H17N3O3S/c1-21(19,20)13-6-4-12(5-7-13)14(18)15-8-2-10-17-11-3-9-16-17/h3-7,9,11H,2,8,10H2,1H3,(H,15,18). The quantitative estimate of drug-likeness (QED) is 0.811. The Bertz CT molecular complexity index is 692. The van der Waals surface area contributed by atoms with Gasteiger partial charge in [-0.1, -0.05) is 0 Å². The van der Waals surface area contributed by atoms with Crippen molar-refractivity contribution in [2.24, 2.45) is 0 Å². The summed E-state index contributed by atoms with van der Waals surface area (Å²) in [6, 6.07) is 7.75. The summed E-state index contributed by atoms with van der Waals surface area (Å²) in [5.74, 6) is -0.212. The Balaban J connectivity index is 1.83. The van der Waals surface area contributed by atoms with Gasteiger partial charge < -0.3 is 5.32 Å². The van der Waals surface area contributed by atoms with Crippen molar-refractivity contribution < 1.29 is 13.2 Å². The molecule has 0 unspecified atom stereocenters. The molecule has 0 saturated heterocycles. The van der Waals surface area contributed by atoms with Gasteiger partial charge in [-0.25, -0.2) is 8.42 Å². The van der Waals surface area contributed by atoms with Crippen molar-refractivity contribution in [2.75, 3.05) is 12.8 Å². The van der Waals surface area contributed by atoms with Crippen molar-refractivity contribution >= 4 is 15.7 Å². The lowest BCUT2D eigenvalue weighted by Gasteiger charge is -2.06. The zero-order valence-corrected chi connectivity index (χ0v) is 12.5. The zero-order chi connectivity index (χ0) is 15.3. The molecule has 1 N–H and O–H groups in total. The third-order valence-corrected chi connectivity index (χ3v) is 4.08. The Labute approximate surface area is 123 Å². The number of aromatic nitrogens is 2. The van der Waals surface area contributed by atoms with E-state index in [0.29, 0.717) is 12.1 Å². The van der Waals surface area contributed by atoms with Gasteiger partial charge in [-0.3, -0.25) is 9.48 Å². The second-order valence-electron chi connectivity index (χ2n) is 4.68. The molecule has 6 nitrogen and oxygen atoms in total. The van der Waals surface area contributed by atoms with Crippen LogP contribution in [0, 0.1) is 0 Å². The third-order valence-electron chi connectivity index (χ3n) is 2.95. The van der Waals surface area contributed by atoms with Gasteiger partial charge in [-0.2, -0.15) is 5.10 Å². The van der Waals surface area contributed by atoms with Crippen LogP contribution in [-0.4, -0.2) is 36.9 Å². The lowest BCUT2D eigenvalue weighted by molar-refractivity contribution is 0.0952. The number of benzene rings is 1. The molecule has 0 bridgehead atoms. The van der Waals surface area contributed by atoms with Gasteiger partial charge in [-0.05, 0) is 36.8 Å². The molecule has 1 amide bonds. The monoisotopic (exact) mass is 307 g/mol. The second-order valence-corrected chi connectivity index (χ2v) is 6.69. The molecule has 0 saturated carbocycles. The molecule has 2 rings (SSSR count). The molecule has 0 aliphatic heterocycles. The number of amides is 1. The predicted molar refractivity (Wildman–Crippen MR) is 78.7 cm³/mol. The molecule has 0 atom stereocenters. The molecule has 112 valence electrons. The first-order valence-electron chi connectivity index (χ1n) is 6.52. The van der Waals surface area contributed by atoms with Crippen LogP contribution < -0.4 is 5.32 Å². The fraction of sp³-hybridized carbons (Fsp3) is 0.286. The summed E-state index contributed by atoms with van der Waals surface area (Å²) in [5.41, 5.74) is 0.446. The summed E-state index contributed by atoms with van der Waals surface area (Å²) in [4.78, 5) is 12.1.